The zero-order chi connectivity index (χ0) is 10.6. The number of rotatable bonds is 5. The van der Waals surface area contributed by atoms with Crippen LogP contribution in [0, 0.1) is 0 Å². The number of nitrogens with two attached hydrogens (primary N) is 2. The van der Waals surface area contributed by atoms with E-state index in [0.29, 0.717) is 0 Å². The summed E-state index contributed by atoms with van der Waals surface area (Å²) in [5.41, 5.74) is 10.4. The van der Waals surface area contributed by atoms with E-state index in [9.17, 15) is 9.59 Å². The van der Waals surface area contributed by atoms with Crippen LogP contribution in [0.3, 0.4) is 0 Å². The summed E-state index contributed by atoms with van der Waals surface area (Å²) in [6.45, 7) is 1.44. The molecule has 13 heavy (non-hydrogen) atoms. The van der Waals surface area contributed by atoms with Crippen molar-refractivity contribution in [3.05, 3.63) is 0 Å². The molecule has 0 aliphatic heterocycles. The van der Waals surface area contributed by atoms with E-state index in [4.69, 9.17) is 21.7 Å². The topological polar surface area (TPSA) is 127 Å². The van der Waals surface area contributed by atoms with Crippen LogP contribution < -0.4 is 11.5 Å². The van der Waals surface area contributed by atoms with Crippen molar-refractivity contribution in [2.24, 2.45) is 11.5 Å². The maximum Gasteiger partial charge on any atom is 0.305 e. The minimum atomic E-state index is -1.39. The maximum absolute atomic E-state index is 11.1. The van der Waals surface area contributed by atoms with Gasteiger partial charge in [0.1, 0.15) is 6.10 Å². The van der Waals surface area contributed by atoms with Crippen LogP contribution in [0.5, 0.6) is 0 Å². The predicted octanol–water partition coefficient (Wildman–Crippen LogP) is -1.93. The molecule has 0 aliphatic rings. The Morgan fingerprint density at radius 1 is 1.38 bits per heavy atom. The summed E-state index contributed by atoms with van der Waals surface area (Å²) in [5.74, 6) is -1.92. The molecule has 0 aliphatic carbocycles. The predicted molar refractivity (Wildman–Crippen MR) is 44.9 cm³/mol. The molecule has 0 heterocycles. The number of ketones is 1. The second-order valence-corrected chi connectivity index (χ2v) is 2.91. The monoisotopic (exact) mass is 190 g/mol. The number of aliphatic carboxylic acids is 1. The lowest BCUT2D eigenvalue weighted by atomic mass is 10.0. The minimum Gasteiger partial charge on any atom is -0.481 e. The van der Waals surface area contributed by atoms with E-state index in [0.717, 1.165) is 0 Å². The lowest BCUT2D eigenvalue weighted by Gasteiger charge is -2.16. The second-order valence-electron chi connectivity index (χ2n) is 2.91. The number of aliphatic hydroxyl groups is 1. The Bertz CT molecular complexity index is 205. The van der Waals surface area contributed by atoms with Gasteiger partial charge in [0.25, 0.3) is 0 Å². The van der Waals surface area contributed by atoms with Gasteiger partial charge in [-0.05, 0) is 6.92 Å². The molecule has 6 nitrogen and oxygen atoms in total. The second kappa shape index (κ2) is 4.90. The van der Waals surface area contributed by atoms with E-state index in [-0.39, 0.29) is 0 Å². The molecule has 0 rings (SSSR count). The van der Waals surface area contributed by atoms with Gasteiger partial charge in [-0.1, -0.05) is 0 Å². The molecule has 3 atom stereocenters. The highest BCUT2D eigenvalue weighted by Crippen LogP contribution is 1.98. The first kappa shape index (κ1) is 12.0. The summed E-state index contributed by atoms with van der Waals surface area (Å²) < 4.78 is 0. The van der Waals surface area contributed by atoms with Crippen LogP contribution in [-0.2, 0) is 9.59 Å². The molecule has 0 aromatic carbocycles. The van der Waals surface area contributed by atoms with Crippen LogP contribution in [0.1, 0.15) is 13.3 Å². The normalized spacial score (nSPS) is 17.5. The number of carbonyl (C=O) groups excluding carboxylic acids is 1. The molecular weight excluding hydrogens is 176 g/mol. The number of carboxylic acid groups (broad SMARTS) is 1. The fourth-order valence-electron chi connectivity index (χ4n) is 0.767. The highest BCUT2D eigenvalue weighted by Gasteiger charge is 2.26. The number of carboxylic acids is 1. The van der Waals surface area contributed by atoms with Gasteiger partial charge < -0.3 is 21.7 Å². The van der Waals surface area contributed by atoms with E-state index >= 15 is 0 Å². The molecule has 0 amide bonds. The number of Topliss-reactive ketones (excluding diaryl/α,β-unsaturated/α-hetero) is 1. The molecule has 0 aromatic heterocycles. The van der Waals surface area contributed by atoms with Crippen molar-refractivity contribution in [2.75, 3.05) is 0 Å². The SMILES string of the molecule is C[C@@H](N)C(O)C(=O)[C@@H](N)CC(=O)O. The molecule has 0 bridgehead atoms. The van der Waals surface area contributed by atoms with Crippen LogP contribution in [0.4, 0.5) is 0 Å². The van der Waals surface area contributed by atoms with Crippen LogP contribution in [0.2, 0.25) is 0 Å². The first-order valence-corrected chi connectivity index (χ1v) is 3.81. The van der Waals surface area contributed by atoms with Gasteiger partial charge in [-0.25, -0.2) is 0 Å². The Labute approximate surface area is 75.5 Å². The minimum absolute atomic E-state index is 0.497. The third-order valence-electron chi connectivity index (χ3n) is 1.55. The lowest BCUT2D eigenvalue weighted by molar-refractivity contribution is -0.140. The summed E-state index contributed by atoms with van der Waals surface area (Å²) in [6, 6.07) is -1.94. The van der Waals surface area contributed by atoms with Gasteiger partial charge in [-0.2, -0.15) is 0 Å². The number of aliphatic hydroxyl groups excluding tert-OH is 1. The number of carbonyl (C=O) groups is 2. The largest absolute Gasteiger partial charge is 0.481 e. The van der Waals surface area contributed by atoms with Crippen molar-refractivity contribution in [1.29, 1.82) is 0 Å². The zero-order valence-electron chi connectivity index (χ0n) is 7.30. The van der Waals surface area contributed by atoms with Gasteiger partial charge in [-0.3, -0.25) is 9.59 Å². The van der Waals surface area contributed by atoms with Gasteiger partial charge >= 0.3 is 5.97 Å². The molecule has 0 saturated carbocycles. The Kier molecular flexibility index (Phi) is 4.53. The highest BCUT2D eigenvalue weighted by atomic mass is 16.4. The van der Waals surface area contributed by atoms with Crippen molar-refractivity contribution in [2.45, 2.75) is 31.5 Å². The molecule has 6 N–H and O–H groups in total. The van der Waals surface area contributed by atoms with Crippen LogP contribution in [0.25, 0.3) is 0 Å². The third-order valence-corrected chi connectivity index (χ3v) is 1.55. The van der Waals surface area contributed by atoms with Gasteiger partial charge in [-0.15, -0.1) is 0 Å². The first-order valence-electron chi connectivity index (χ1n) is 3.81. The van der Waals surface area contributed by atoms with E-state index < -0.39 is 36.4 Å². The molecule has 1 unspecified atom stereocenters. The average Bonchev–Trinajstić information content (AvgIpc) is 2.00. The summed E-state index contributed by atoms with van der Waals surface area (Å²) >= 11 is 0. The quantitative estimate of drug-likeness (QED) is 0.399. The molecule has 0 saturated heterocycles. The van der Waals surface area contributed by atoms with E-state index in [1.54, 1.807) is 0 Å². The highest BCUT2D eigenvalue weighted by molar-refractivity contribution is 5.91. The van der Waals surface area contributed by atoms with Gasteiger partial charge in [0, 0.05) is 6.04 Å². The fourth-order valence-corrected chi connectivity index (χ4v) is 0.767. The fraction of sp³-hybridized carbons (Fsp3) is 0.714. The standard InChI is InChI=1S/C7H14N2O4/c1-3(8)6(12)7(13)4(9)2-5(10)11/h3-4,6,12H,2,8-9H2,1H3,(H,10,11)/t3-,4+,6?/m1/s1. The molecular formula is C7H14N2O4. The van der Waals surface area contributed by atoms with Crippen molar-refractivity contribution in [3.63, 3.8) is 0 Å². The van der Waals surface area contributed by atoms with Gasteiger partial charge in [0.05, 0.1) is 12.5 Å². The molecule has 76 valence electrons. The third kappa shape index (κ3) is 3.97. The summed E-state index contributed by atoms with van der Waals surface area (Å²) in [5, 5.41) is 17.4. The smallest absolute Gasteiger partial charge is 0.305 e. The Hall–Kier alpha value is -0.980. The van der Waals surface area contributed by atoms with Crippen LogP contribution >= 0.6 is 0 Å². The molecule has 0 aromatic rings. The molecule has 0 fully saturated rings. The average molecular weight is 190 g/mol. The lowest BCUT2D eigenvalue weighted by Crippen LogP contribution is -2.47. The van der Waals surface area contributed by atoms with Crippen molar-refractivity contribution in [1.82, 2.24) is 0 Å². The van der Waals surface area contributed by atoms with Crippen molar-refractivity contribution < 1.29 is 19.8 Å². The molecule has 0 spiro atoms. The van der Waals surface area contributed by atoms with E-state index in [1.807, 2.05) is 0 Å². The van der Waals surface area contributed by atoms with Crippen molar-refractivity contribution >= 4 is 11.8 Å². The van der Waals surface area contributed by atoms with E-state index in [2.05, 4.69) is 0 Å². The zero-order valence-corrected chi connectivity index (χ0v) is 7.30. The summed E-state index contributed by atoms with van der Waals surface area (Å²) in [4.78, 5) is 21.3. The Morgan fingerprint density at radius 2 is 1.85 bits per heavy atom. The Morgan fingerprint density at radius 3 is 2.15 bits per heavy atom. The van der Waals surface area contributed by atoms with Crippen LogP contribution in [-0.4, -0.2) is 40.2 Å². The van der Waals surface area contributed by atoms with Crippen LogP contribution in [0.15, 0.2) is 0 Å². The number of hydrogen-bond acceptors (Lipinski definition) is 5. The maximum atomic E-state index is 11.1. The van der Waals surface area contributed by atoms with Crippen molar-refractivity contribution in [3.8, 4) is 0 Å². The van der Waals surface area contributed by atoms with Gasteiger partial charge in [0.2, 0.25) is 0 Å². The number of hydrogen-bond donors (Lipinski definition) is 4. The van der Waals surface area contributed by atoms with E-state index in [1.165, 1.54) is 6.92 Å². The summed E-state index contributed by atoms with van der Waals surface area (Å²) in [7, 11) is 0. The first-order chi connectivity index (χ1) is 5.86. The summed E-state index contributed by atoms with van der Waals surface area (Å²) in [6.07, 6.45) is -1.89. The van der Waals surface area contributed by atoms with Gasteiger partial charge in [0.15, 0.2) is 5.78 Å². The molecule has 0 radical (unpaired) electrons. The molecule has 6 heteroatoms. The Balaban J connectivity index is 4.17.